The van der Waals surface area contributed by atoms with Gasteiger partial charge in [0.1, 0.15) is 5.58 Å². The average molecular weight is 350 g/mol. The third kappa shape index (κ3) is 4.00. The van der Waals surface area contributed by atoms with Crippen molar-refractivity contribution in [2.24, 2.45) is 11.7 Å². The predicted molar refractivity (Wildman–Crippen MR) is 104 cm³/mol. The van der Waals surface area contributed by atoms with Gasteiger partial charge in [0.2, 0.25) is 5.91 Å². The van der Waals surface area contributed by atoms with Gasteiger partial charge in [-0.2, -0.15) is 0 Å². The third-order valence-corrected chi connectivity index (χ3v) is 4.15. The summed E-state index contributed by atoms with van der Waals surface area (Å²) in [4.78, 5) is 24.5. The van der Waals surface area contributed by atoms with Crippen LogP contribution in [0.2, 0.25) is 0 Å². The number of hydrogen-bond acceptors (Lipinski definition) is 4. The van der Waals surface area contributed by atoms with E-state index in [-0.39, 0.29) is 5.91 Å². The highest BCUT2D eigenvalue weighted by Gasteiger charge is 2.15. The zero-order valence-corrected chi connectivity index (χ0v) is 14.9. The van der Waals surface area contributed by atoms with Crippen LogP contribution in [-0.4, -0.2) is 11.9 Å². The van der Waals surface area contributed by atoms with Gasteiger partial charge in [-0.25, -0.2) is 4.79 Å². The first-order chi connectivity index (χ1) is 12.4. The molecule has 3 N–H and O–H groups in total. The standard InChI is InChI=1S/C21H22N2O3/c1-13(2)10-18(22)20(24)23-16-9-8-15-11-17(14-6-4-3-5-7-14)21(25)26-19(15)12-16/h3-9,11-13,18H,10,22H2,1-2H3,(H,23,24)/t18-/m0/s1. The number of benzene rings is 2. The minimum absolute atomic E-state index is 0.249. The minimum atomic E-state index is -0.571. The Hall–Kier alpha value is -2.92. The number of carbonyl (C=O) groups excluding carboxylic acids is 1. The van der Waals surface area contributed by atoms with Gasteiger partial charge in [0.05, 0.1) is 11.6 Å². The number of fused-ring (bicyclic) bond motifs is 1. The fourth-order valence-corrected chi connectivity index (χ4v) is 2.86. The van der Waals surface area contributed by atoms with Crippen LogP contribution in [0.4, 0.5) is 5.69 Å². The fraction of sp³-hybridized carbons (Fsp3) is 0.238. The molecule has 5 heteroatoms. The number of amides is 1. The maximum absolute atomic E-state index is 12.3. The molecule has 1 heterocycles. The van der Waals surface area contributed by atoms with Crippen molar-refractivity contribution >= 4 is 22.6 Å². The van der Waals surface area contributed by atoms with Crippen molar-refractivity contribution in [1.82, 2.24) is 0 Å². The minimum Gasteiger partial charge on any atom is -0.422 e. The summed E-state index contributed by atoms with van der Waals surface area (Å²) in [6.07, 6.45) is 0.606. The molecule has 0 saturated carbocycles. The van der Waals surface area contributed by atoms with Gasteiger partial charge >= 0.3 is 5.63 Å². The van der Waals surface area contributed by atoms with E-state index in [1.807, 2.05) is 50.2 Å². The molecule has 0 radical (unpaired) electrons. The highest BCUT2D eigenvalue weighted by Crippen LogP contribution is 2.23. The van der Waals surface area contributed by atoms with Gasteiger partial charge in [0.25, 0.3) is 0 Å². The van der Waals surface area contributed by atoms with Crippen LogP contribution in [0, 0.1) is 5.92 Å². The van der Waals surface area contributed by atoms with Crippen molar-refractivity contribution in [2.75, 3.05) is 5.32 Å². The highest BCUT2D eigenvalue weighted by atomic mass is 16.4. The largest absolute Gasteiger partial charge is 0.422 e. The maximum atomic E-state index is 12.3. The Bertz CT molecular complexity index is 977. The number of hydrogen-bond donors (Lipinski definition) is 2. The number of rotatable bonds is 5. The normalized spacial score (nSPS) is 12.3. The van der Waals surface area contributed by atoms with Crippen LogP contribution in [-0.2, 0) is 4.79 Å². The van der Waals surface area contributed by atoms with Gasteiger partial charge in [-0.15, -0.1) is 0 Å². The Labute approximate surface area is 151 Å². The highest BCUT2D eigenvalue weighted by molar-refractivity contribution is 5.96. The second-order valence-corrected chi connectivity index (χ2v) is 6.79. The number of nitrogens with one attached hydrogen (secondary N) is 1. The van der Waals surface area contributed by atoms with Crippen LogP contribution in [0.5, 0.6) is 0 Å². The second-order valence-electron chi connectivity index (χ2n) is 6.79. The number of carbonyl (C=O) groups is 1. The summed E-state index contributed by atoms with van der Waals surface area (Å²) in [5.41, 5.74) is 7.78. The predicted octanol–water partition coefficient (Wildman–Crippen LogP) is 3.77. The van der Waals surface area contributed by atoms with E-state index < -0.39 is 11.7 Å². The van der Waals surface area contributed by atoms with Gasteiger partial charge in [-0.3, -0.25) is 4.79 Å². The molecule has 3 rings (SSSR count). The summed E-state index contributed by atoms with van der Waals surface area (Å²) in [6.45, 7) is 4.03. The molecule has 1 aromatic heterocycles. The Morgan fingerprint density at radius 3 is 2.54 bits per heavy atom. The van der Waals surface area contributed by atoms with Crippen molar-refractivity contribution in [3.63, 3.8) is 0 Å². The lowest BCUT2D eigenvalue weighted by molar-refractivity contribution is -0.117. The SMILES string of the molecule is CC(C)C[C@H](N)C(=O)Nc1ccc2cc(-c3ccccc3)c(=O)oc2c1. The molecule has 1 amide bonds. The van der Waals surface area contributed by atoms with E-state index in [2.05, 4.69) is 5.32 Å². The summed E-state index contributed by atoms with van der Waals surface area (Å²) in [5.74, 6) is 0.0862. The zero-order valence-electron chi connectivity index (χ0n) is 14.9. The van der Waals surface area contributed by atoms with Gasteiger partial charge < -0.3 is 15.5 Å². The van der Waals surface area contributed by atoms with Gasteiger partial charge in [-0.05, 0) is 36.1 Å². The molecular formula is C21H22N2O3. The van der Waals surface area contributed by atoms with Crippen molar-refractivity contribution in [3.05, 3.63) is 65.0 Å². The smallest absolute Gasteiger partial charge is 0.344 e. The fourth-order valence-electron chi connectivity index (χ4n) is 2.86. The Morgan fingerprint density at radius 2 is 1.85 bits per heavy atom. The van der Waals surface area contributed by atoms with Crippen LogP contribution >= 0.6 is 0 Å². The lowest BCUT2D eigenvalue weighted by atomic mass is 10.0. The molecule has 0 aliphatic carbocycles. The second kappa shape index (κ2) is 7.54. The summed E-state index contributed by atoms with van der Waals surface area (Å²) in [7, 11) is 0. The maximum Gasteiger partial charge on any atom is 0.344 e. The monoisotopic (exact) mass is 350 g/mol. The van der Waals surface area contributed by atoms with Crippen LogP contribution in [0.1, 0.15) is 20.3 Å². The van der Waals surface area contributed by atoms with Crippen molar-refractivity contribution in [1.29, 1.82) is 0 Å². The van der Waals surface area contributed by atoms with Crippen LogP contribution in [0.3, 0.4) is 0 Å². The summed E-state index contributed by atoms with van der Waals surface area (Å²) < 4.78 is 5.46. The van der Waals surface area contributed by atoms with E-state index in [4.69, 9.17) is 10.2 Å². The summed E-state index contributed by atoms with van der Waals surface area (Å²) >= 11 is 0. The molecule has 3 aromatic rings. The average Bonchev–Trinajstić information content (AvgIpc) is 2.61. The Kier molecular flexibility index (Phi) is 5.19. The Morgan fingerprint density at radius 1 is 1.12 bits per heavy atom. The molecule has 5 nitrogen and oxygen atoms in total. The van der Waals surface area contributed by atoms with E-state index >= 15 is 0 Å². The molecule has 0 fully saturated rings. The number of anilines is 1. The summed E-state index contributed by atoms with van der Waals surface area (Å²) in [6, 6.07) is 15.8. The van der Waals surface area contributed by atoms with Crippen molar-refractivity contribution in [2.45, 2.75) is 26.3 Å². The quantitative estimate of drug-likeness (QED) is 0.686. The van der Waals surface area contributed by atoms with Gasteiger partial charge in [0, 0.05) is 17.1 Å². The summed E-state index contributed by atoms with van der Waals surface area (Å²) in [5, 5.41) is 3.56. The van der Waals surface area contributed by atoms with E-state index in [1.54, 1.807) is 18.2 Å². The van der Waals surface area contributed by atoms with E-state index in [0.29, 0.717) is 29.2 Å². The molecule has 0 aliphatic heterocycles. The molecule has 0 aliphatic rings. The van der Waals surface area contributed by atoms with E-state index in [9.17, 15) is 9.59 Å². The van der Waals surface area contributed by atoms with Crippen LogP contribution in [0.25, 0.3) is 22.1 Å². The lowest BCUT2D eigenvalue weighted by Gasteiger charge is -2.14. The van der Waals surface area contributed by atoms with E-state index in [0.717, 1.165) is 10.9 Å². The topological polar surface area (TPSA) is 85.3 Å². The molecule has 0 saturated heterocycles. The van der Waals surface area contributed by atoms with Gasteiger partial charge in [0.15, 0.2) is 0 Å². The molecular weight excluding hydrogens is 328 g/mol. The Balaban J connectivity index is 1.88. The molecule has 0 unspecified atom stereocenters. The molecule has 134 valence electrons. The van der Waals surface area contributed by atoms with Crippen LogP contribution < -0.4 is 16.7 Å². The van der Waals surface area contributed by atoms with Crippen molar-refractivity contribution in [3.8, 4) is 11.1 Å². The molecule has 26 heavy (non-hydrogen) atoms. The molecule has 0 spiro atoms. The first-order valence-electron chi connectivity index (χ1n) is 8.64. The van der Waals surface area contributed by atoms with Gasteiger partial charge in [-0.1, -0.05) is 44.2 Å². The molecule has 1 atom stereocenters. The molecule has 2 aromatic carbocycles. The molecule has 0 bridgehead atoms. The lowest BCUT2D eigenvalue weighted by Crippen LogP contribution is -2.36. The zero-order chi connectivity index (χ0) is 18.7. The number of nitrogens with two attached hydrogens (primary N) is 1. The first kappa shape index (κ1) is 17.9. The van der Waals surface area contributed by atoms with Crippen LogP contribution in [0.15, 0.2) is 63.8 Å². The first-order valence-corrected chi connectivity index (χ1v) is 8.64. The third-order valence-electron chi connectivity index (χ3n) is 4.15. The van der Waals surface area contributed by atoms with Crippen molar-refractivity contribution < 1.29 is 9.21 Å². The van der Waals surface area contributed by atoms with E-state index in [1.165, 1.54) is 0 Å².